The fraction of sp³-hybridized carbons (Fsp3) is 0.0400. The van der Waals surface area contributed by atoms with E-state index in [1.807, 2.05) is 12.2 Å². The third-order valence-electron chi connectivity index (χ3n) is 3.68. The van der Waals surface area contributed by atoms with Crippen LogP contribution in [0.15, 0.2) is 116 Å². The Kier molecular flexibility index (Phi) is 10.9. The first-order valence-electron chi connectivity index (χ1n) is 8.36. The van der Waals surface area contributed by atoms with Crippen LogP contribution in [-0.4, -0.2) is 0 Å². The maximum Gasteiger partial charge on any atom is 0 e. The molecule has 0 bridgehead atoms. The summed E-state index contributed by atoms with van der Waals surface area (Å²) >= 11 is 0. The van der Waals surface area contributed by atoms with E-state index in [0.717, 1.165) is 6.42 Å². The summed E-state index contributed by atoms with van der Waals surface area (Å²) in [6.45, 7) is 6.00. The largest absolute Gasteiger partial charge is 0.273 e. The molecule has 0 saturated heterocycles. The molecular formula is C25H23Hf-3. The number of rotatable bonds is 0. The molecule has 1 aliphatic rings. The van der Waals surface area contributed by atoms with Gasteiger partial charge in [-0.25, -0.2) is 12.2 Å². The van der Waals surface area contributed by atoms with Crippen LogP contribution in [0.3, 0.4) is 0 Å². The smallest absolute Gasteiger partial charge is 0 e. The van der Waals surface area contributed by atoms with Crippen LogP contribution in [0.5, 0.6) is 0 Å². The Labute approximate surface area is 175 Å². The van der Waals surface area contributed by atoms with Crippen molar-refractivity contribution in [2.75, 3.05) is 0 Å². The molecule has 0 N–H and O–H groups in total. The summed E-state index contributed by atoms with van der Waals surface area (Å²) in [7, 11) is 0. The van der Waals surface area contributed by atoms with E-state index in [1.165, 1.54) is 21.5 Å². The van der Waals surface area contributed by atoms with Crippen molar-refractivity contribution in [2.24, 2.45) is 0 Å². The van der Waals surface area contributed by atoms with Gasteiger partial charge in [-0.05, 0) is 0 Å². The molecule has 0 spiro atoms. The van der Waals surface area contributed by atoms with Crippen molar-refractivity contribution in [3.8, 4) is 0 Å². The van der Waals surface area contributed by atoms with Crippen molar-refractivity contribution >= 4 is 21.5 Å². The molecule has 0 aromatic heterocycles. The molecule has 0 saturated carbocycles. The van der Waals surface area contributed by atoms with Gasteiger partial charge in [0.1, 0.15) is 0 Å². The first kappa shape index (κ1) is 21.8. The molecule has 4 aromatic carbocycles. The number of fused-ring (bicyclic) bond motifs is 2. The van der Waals surface area contributed by atoms with E-state index < -0.39 is 0 Å². The summed E-state index contributed by atoms with van der Waals surface area (Å²) in [5, 5.41) is 5.32. The predicted molar refractivity (Wildman–Crippen MR) is 112 cm³/mol. The van der Waals surface area contributed by atoms with Crippen molar-refractivity contribution in [2.45, 2.75) is 6.42 Å². The molecule has 0 heterocycles. The van der Waals surface area contributed by atoms with Crippen LogP contribution in [0, 0.1) is 6.08 Å². The van der Waals surface area contributed by atoms with Gasteiger partial charge in [0.05, 0.1) is 0 Å². The first-order chi connectivity index (χ1) is 12.4. The predicted octanol–water partition coefficient (Wildman–Crippen LogP) is 7.22. The van der Waals surface area contributed by atoms with Crippen LogP contribution < -0.4 is 0 Å². The molecule has 5 rings (SSSR count). The van der Waals surface area contributed by atoms with Gasteiger partial charge >= 0.3 is 0 Å². The van der Waals surface area contributed by atoms with Crippen LogP contribution >= 0.6 is 0 Å². The van der Waals surface area contributed by atoms with Gasteiger partial charge in [-0.1, -0.05) is 12.1 Å². The minimum Gasteiger partial charge on any atom is -0.273 e. The Morgan fingerprint density at radius 1 is 0.731 bits per heavy atom. The average Bonchev–Trinajstić information content (AvgIpc) is 3.47. The number of benzene rings is 2. The molecule has 0 radical (unpaired) electrons. The molecule has 130 valence electrons. The zero-order valence-corrected chi connectivity index (χ0v) is 18.5. The van der Waals surface area contributed by atoms with Crippen LogP contribution in [0.2, 0.25) is 0 Å². The summed E-state index contributed by atoms with van der Waals surface area (Å²) in [6, 6.07) is 29.3. The van der Waals surface area contributed by atoms with Gasteiger partial charge in [-0.15, -0.1) is 78.9 Å². The molecule has 26 heavy (non-hydrogen) atoms. The summed E-state index contributed by atoms with van der Waals surface area (Å²) in [4.78, 5) is 0. The normalized spacial score (nSPS) is 10.6. The first-order valence-corrected chi connectivity index (χ1v) is 8.36. The maximum absolute atomic E-state index is 3.00. The molecule has 0 nitrogen and oxygen atoms in total. The Bertz CT molecular complexity index is 785. The Hall–Kier alpha value is -2.25. The fourth-order valence-electron chi connectivity index (χ4n) is 2.48. The van der Waals surface area contributed by atoms with Gasteiger partial charge in [0.25, 0.3) is 0 Å². The molecule has 1 aliphatic carbocycles. The fourth-order valence-corrected chi connectivity index (χ4v) is 2.48. The second-order valence-corrected chi connectivity index (χ2v) is 5.31. The van der Waals surface area contributed by atoms with Crippen molar-refractivity contribution in [1.29, 1.82) is 0 Å². The Balaban J connectivity index is 0.000000189. The molecule has 0 amide bonds. The standard InChI is InChI=1S/2C9H7.C5H5.C2H4.Hf/c2*1-2-5-9-7-3-6-8(9)4-1;1-2-4-5-3-1;1-2;/h2*1-7H;1-3H,4H2;1-2H2;/q3*-1;;. The quantitative estimate of drug-likeness (QED) is 0.135. The minimum absolute atomic E-state index is 0. The van der Waals surface area contributed by atoms with E-state index in [0.29, 0.717) is 0 Å². The molecular weight excluding hydrogens is 479 g/mol. The topological polar surface area (TPSA) is 0 Å². The SMILES string of the molecule is C=C.[C-]1=CC=CC1.[Hf].c1ccc2[cH-]ccc2c1.c1ccc2[cH-]ccc2c1. The summed E-state index contributed by atoms with van der Waals surface area (Å²) in [5.74, 6) is 0. The summed E-state index contributed by atoms with van der Waals surface area (Å²) in [6.07, 6.45) is 10.0. The van der Waals surface area contributed by atoms with Crippen molar-refractivity contribution in [1.82, 2.24) is 0 Å². The van der Waals surface area contributed by atoms with Gasteiger partial charge in [0, 0.05) is 25.8 Å². The second kappa shape index (κ2) is 13.0. The Morgan fingerprint density at radius 2 is 1.23 bits per heavy atom. The van der Waals surface area contributed by atoms with Crippen molar-refractivity contribution < 1.29 is 25.8 Å². The van der Waals surface area contributed by atoms with E-state index in [9.17, 15) is 0 Å². The zero-order valence-electron chi connectivity index (χ0n) is 14.9. The van der Waals surface area contributed by atoms with E-state index in [-0.39, 0.29) is 25.8 Å². The Morgan fingerprint density at radius 3 is 1.58 bits per heavy atom. The van der Waals surface area contributed by atoms with Gasteiger partial charge in [0.2, 0.25) is 0 Å². The van der Waals surface area contributed by atoms with Crippen LogP contribution in [0.1, 0.15) is 6.42 Å². The van der Waals surface area contributed by atoms with E-state index >= 15 is 0 Å². The number of hydrogen-bond donors (Lipinski definition) is 0. The molecule has 0 unspecified atom stereocenters. The maximum atomic E-state index is 3.00. The van der Waals surface area contributed by atoms with Crippen LogP contribution in [0.25, 0.3) is 21.5 Å². The minimum atomic E-state index is 0. The third kappa shape index (κ3) is 6.93. The molecule has 4 aromatic rings. The molecule has 0 aliphatic heterocycles. The van der Waals surface area contributed by atoms with E-state index in [1.54, 1.807) is 0 Å². The zero-order chi connectivity index (χ0) is 17.7. The number of allylic oxidation sites excluding steroid dienone is 4. The van der Waals surface area contributed by atoms with Crippen molar-refractivity contribution in [3.05, 3.63) is 122 Å². The third-order valence-corrected chi connectivity index (χ3v) is 3.68. The van der Waals surface area contributed by atoms with Crippen LogP contribution in [0.4, 0.5) is 0 Å². The molecule has 0 atom stereocenters. The summed E-state index contributed by atoms with van der Waals surface area (Å²) < 4.78 is 0. The average molecular weight is 502 g/mol. The van der Waals surface area contributed by atoms with Crippen LogP contribution in [-0.2, 0) is 25.8 Å². The van der Waals surface area contributed by atoms with Gasteiger partial charge < -0.3 is 0 Å². The van der Waals surface area contributed by atoms with E-state index in [4.69, 9.17) is 0 Å². The number of hydrogen-bond acceptors (Lipinski definition) is 0. The second-order valence-electron chi connectivity index (χ2n) is 5.31. The summed E-state index contributed by atoms with van der Waals surface area (Å²) in [5.41, 5.74) is 0. The molecule has 1 heteroatoms. The van der Waals surface area contributed by atoms with Gasteiger partial charge in [0.15, 0.2) is 0 Å². The van der Waals surface area contributed by atoms with Crippen molar-refractivity contribution in [3.63, 3.8) is 0 Å². The monoisotopic (exact) mass is 503 g/mol. The van der Waals surface area contributed by atoms with Gasteiger partial charge in [-0.2, -0.15) is 41.1 Å². The molecule has 0 fully saturated rings. The van der Waals surface area contributed by atoms with Gasteiger partial charge in [-0.3, -0.25) is 6.08 Å². The van der Waals surface area contributed by atoms with E-state index in [2.05, 4.69) is 110 Å².